The summed E-state index contributed by atoms with van der Waals surface area (Å²) in [5, 5.41) is 4.79. The molecule has 4 N–H and O–H groups in total. The van der Waals surface area contributed by atoms with Gasteiger partial charge in [0.2, 0.25) is 11.5 Å². The minimum Gasteiger partial charge on any atom is -0.427 e. The molecule has 0 bridgehead atoms. The van der Waals surface area contributed by atoms with Crippen molar-refractivity contribution in [2.75, 3.05) is 24.7 Å². The van der Waals surface area contributed by atoms with Gasteiger partial charge < -0.3 is 20.3 Å². The van der Waals surface area contributed by atoms with Crippen LogP contribution in [0.25, 0.3) is 0 Å². The number of urea groups is 1. The predicted octanol–water partition coefficient (Wildman–Crippen LogP) is 4.63. The molecule has 2 aromatic rings. The third-order valence-corrected chi connectivity index (χ3v) is 9.50. The normalized spacial score (nSPS) is 22.4. The molecule has 1 saturated heterocycles. The highest BCUT2D eigenvalue weighted by atomic mass is 32.3. The van der Waals surface area contributed by atoms with E-state index in [0.29, 0.717) is 9.80 Å². The molecule has 3 aliphatic rings. The molecular weight excluding hydrogens is 600 g/mol. The molecule has 1 saturated carbocycles. The zero-order chi connectivity index (χ0) is 31.3. The van der Waals surface area contributed by atoms with Gasteiger partial charge in [0.25, 0.3) is 5.91 Å². The summed E-state index contributed by atoms with van der Waals surface area (Å²) in [6, 6.07) is 5.62. The number of amides is 5. The Morgan fingerprint density at radius 2 is 1.84 bits per heavy atom. The first kappa shape index (κ1) is 30.6. The maximum absolute atomic E-state index is 14.2. The van der Waals surface area contributed by atoms with Gasteiger partial charge >= 0.3 is 18.3 Å². The predicted molar refractivity (Wildman–Crippen MR) is 145 cm³/mol. The number of rotatable bonds is 7. The first-order chi connectivity index (χ1) is 20.2. The SMILES string of the molecule is CNC(=O)Nc1ccc2c(c1)S(O)(O)CCC21OC(=O)N(CC(=O)N(Cc2ccc(F)cc2)[C@@H](C2CC2)C(F)(F)F)C1=O. The lowest BCUT2D eigenvalue weighted by atomic mass is 9.89. The molecule has 43 heavy (non-hydrogen) atoms. The third kappa shape index (κ3) is 5.86. The second-order valence-corrected chi connectivity index (χ2v) is 12.8. The van der Waals surface area contributed by atoms with Crippen molar-refractivity contribution < 1.29 is 50.6 Å². The number of hydrogen-bond donors (Lipinski definition) is 4. The molecule has 16 heteroatoms. The van der Waals surface area contributed by atoms with E-state index in [-0.39, 0.29) is 41.0 Å². The fraction of sp³-hybridized carbons (Fsp3) is 0.407. The molecule has 1 unspecified atom stereocenters. The van der Waals surface area contributed by atoms with Gasteiger partial charge in [0.1, 0.15) is 18.4 Å². The van der Waals surface area contributed by atoms with Crippen molar-refractivity contribution in [3.05, 3.63) is 59.4 Å². The Bertz CT molecular complexity index is 1470. The Labute approximate surface area is 244 Å². The van der Waals surface area contributed by atoms with Gasteiger partial charge in [-0.25, -0.2) is 18.9 Å². The average Bonchev–Trinajstić information content (AvgIpc) is 3.74. The van der Waals surface area contributed by atoms with Gasteiger partial charge in [-0.05, 0) is 48.6 Å². The quantitative estimate of drug-likeness (QED) is 0.327. The number of imide groups is 1. The minimum absolute atomic E-state index is 0.0798. The van der Waals surface area contributed by atoms with Crippen LogP contribution in [0.3, 0.4) is 0 Å². The second-order valence-electron chi connectivity index (χ2n) is 10.6. The van der Waals surface area contributed by atoms with Crippen molar-refractivity contribution in [3.8, 4) is 0 Å². The Kier molecular flexibility index (Phi) is 7.81. The van der Waals surface area contributed by atoms with Crippen molar-refractivity contribution in [2.24, 2.45) is 5.92 Å². The van der Waals surface area contributed by atoms with Crippen molar-refractivity contribution in [1.29, 1.82) is 0 Å². The maximum atomic E-state index is 14.2. The molecule has 2 heterocycles. The Hall–Kier alpha value is -3.89. The number of halogens is 4. The van der Waals surface area contributed by atoms with Gasteiger partial charge in [-0.15, -0.1) is 0 Å². The summed E-state index contributed by atoms with van der Waals surface area (Å²) in [5.74, 6) is -4.12. The fourth-order valence-electron chi connectivity index (χ4n) is 5.41. The van der Waals surface area contributed by atoms with E-state index < -0.39 is 82.9 Å². The van der Waals surface area contributed by atoms with E-state index in [0.717, 1.165) is 12.1 Å². The molecule has 0 radical (unpaired) electrons. The molecule has 5 rings (SSSR count). The summed E-state index contributed by atoms with van der Waals surface area (Å²) in [6.45, 7) is -1.62. The molecule has 1 spiro atoms. The van der Waals surface area contributed by atoms with Crippen molar-refractivity contribution >= 4 is 40.2 Å². The number of nitrogens with one attached hydrogen (secondary N) is 2. The van der Waals surface area contributed by atoms with Crippen LogP contribution >= 0.6 is 10.6 Å². The summed E-state index contributed by atoms with van der Waals surface area (Å²) in [4.78, 5) is 52.8. The van der Waals surface area contributed by atoms with Gasteiger partial charge in [0.15, 0.2) is 0 Å². The number of fused-ring (bicyclic) bond motifs is 2. The lowest BCUT2D eigenvalue weighted by Crippen LogP contribution is -2.53. The molecule has 2 fully saturated rings. The van der Waals surface area contributed by atoms with Crippen LogP contribution in [-0.2, 0) is 26.5 Å². The van der Waals surface area contributed by atoms with Crippen molar-refractivity contribution in [2.45, 2.75) is 48.5 Å². The topological polar surface area (TPSA) is 149 Å². The molecule has 2 aromatic carbocycles. The van der Waals surface area contributed by atoms with Gasteiger partial charge in [-0.1, -0.05) is 18.2 Å². The zero-order valence-corrected chi connectivity index (χ0v) is 23.5. The fourth-order valence-corrected chi connectivity index (χ4v) is 7.10. The molecule has 1 aliphatic carbocycles. The van der Waals surface area contributed by atoms with Crippen LogP contribution in [0.5, 0.6) is 0 Å². The van der Waals surface area contributed by atoms with Gasteiger partial charge in [-0.2, -0.15) is 23.8 Å². The van der Waals surface area contributed by atoms with Crippen LogP contribution in [-0.4, -0.2) is 74.4 Å². The number of benzene rings is 2. The van der Waals surface area contributed by atoms with E-state index in [1.165, 1.54) is 37.4 Å². The monoisotopic (exact) mass is 628 g/mol. The summed E-state index contributed by atoms with van der Waals surface area (Å²) in [7, 11) is -2.13. The van der Waals surface area contributed by atoms with E-state index in [1.54, 1.807) is 0 Å². The first-order valence-electron chi connectivity index (χ1n) is 13.2. The lowest BCUT2D eigenvalue weighted by Gasteiger charge is -2.43. The summed E-state index contributed by atoms with van der Waals surface area (Å²) in [5.41, 5.74) is -1.79. The maximum Gasteiger partial charge on any atom is 0.418 e. The zero-order valence-electron chi connectivity index (χ0n) is 22.7. The molecular formula is C27H28F4N4O7S. The van der Waals surface area contributed by atoms with Crippen molar-refractivity contribution in [1.82, 2.24) is 15.1 Å². The molecule has 11 nitrogen and oxygen atoms in total. The number of hydrogen-bond acceptors (Lipinski definition) is 7. The number of carbonyl (C=O) groups excluding carboxylic acids is 4. The number of ether oxygens (including phenoxy) is 1. The molecule has 0 aromatic heterocycles. The Balaban J connectivity index is 1.45. The van der Waals surface area contributed by atoms with Gasteiger partial charge in [-0.3, -0.25) is 18.7 Å². The Morgan fingerprint density at radius 1 is 1.16 bits per heavy atom. The van der Waals surface area contributed by atoms with Gasteiger partial charge in [0.05, 0.1) is 4.90 Å². The first-order valence-corrected chi connectivity index (χ1v) is 14.9. The van der Waals surface area contributed by atoms with E-state index in [9.17, 15) is 45.8 Å². The van der Waals surface area contributed by atoms with Crippen LogP contribution < -0.4 is 10.6 Å². The number of carbonyl (C=O) groups is 4. The molecule has 2 atom stereocenters. The molecule has 5 amide bonds. The van der Waals surface area contributed by atoms with E-state index in [4.69, 9.17) is 4.74 Å². The highest BCUT2D eigenvalue weighted by molar-refractivity contribution is 8.24. The smallest absolute Gasteiger partial charge is 0.418 e. The highest BCUT2D eigenvalue weighted by Gasteiger charge is 2.60. The van der Waals surface area contributed by atoms with Crippen LogP contribution in [0, 0.1) is 11.7 Å². The summed E-state index contributed by atoms with van der Waals surface area (Å²) >= 11 is 0. The molecule has 2 aliphatic heterocycles. The number of nitrogens with zero attached hydrogens (tertiary/aromatic N) is 2. The number of anilines is 1. The third-order valence-electron chi connectivity index (χ3n) is 7.68. The standard InChI is InChI=1S/C27H28F4N4O7S/c1-32-24(38)33-18-8-9-19-20(12-18)43(40,41)11-10-26(19)23(37)35(25(39)42-26)14-21(36)34(13-15-2-6-17(28)7-3-15)22(16-4-5-16)27(29,30)31/h2-3,6-9,12,16,22,40-41H,4-5,10-11,13-14H2,1H3,(H2,32,33,38)/t22-,26?/m0/s1. The highest BCUT2D eigenvalue weighted by Crippen LogP contribution is 2.60. The van der Waals surface area contributed by atoms with E-state index in [1.807, 2.05) is 0 Å². The van der Waals surface area contributed by atoms with E-state index >= 15 is 0 Å². The molecule has 232 valence electrons. The summed E-state index contributed by atoms with van der Waals surface area (Å²) < 4.78 is 83.0. The van der Waals surface area contributed by atoms with Crippen molar-refractivity contribution in [3.63, 3.8) is 0 Å². The Morgan fingerprint density at radius 3 is 2.44 bits per heavy atom. The largest absolute Gasteiger partial charge is 0.427 e. The summed E-state index contributed by atoms with van der Waals surface area (Å²) in [6.07, 6.45) is -6.01. The van der Waals surface area contributed by atoms with E-state index in [2.05, 4.69) is 10.6 Å². The van der Waals surface area contributed by atoms with Crippen LogP contribution in [0.2, 0.25) is 0 Å². The van der Waals surface area contributed by atoms with Crippen LogP contribution in [0.1, 0.15) is 30.4 Å². The van der Waals surface area contributed by atoms with Crippen LogP contribution in [0.4, 0.5) is 32.8 Å². The van der Waals surface area contributed by atoms with Crippen LogP contribution in [0.15, 0.2) is 47.4 Å². The average molecular weight is 629 g/mol. The minimum atomic E-state index is -4.81. The second kappa shape index (κ2) is 11.0. The lowest BCUT2D eigenvalue weighted by molar-refractivity contribution is -0.196. The number of alkyl halides is 3. The van der Waals surface area contributed by atoms with Gasteiger partial charge in [0, 0.05) is 37.0 Å².